The number of carboxylic acid groups (broad SMARTS) is 1. The second-order valence-electron chi connectivity index (χ2n) is 7.95. The van der Waals surface area contributed by atoms with E-state index >= 15 is 0 Å². The molecule has 4 rings (SSSR count). The Morgan fingerprint density at radius 1 is 1.00 bits per heavy atom. The van der Waals surface area contributed by atoms with Crippen LogP contribution in [0.5, 0.6) is 0 Å². The van der Waals surface area contributed by atoms with Crippen LogP contribution in [0, 0.1) is 5.92 Å². The van der Waals surface area contributed by atoms with Crippen molar-refractivity contribution in [2.75, 3.05) is 11.9 Å². The fourth-order valence-corrected chi connectivity index (χ4v) is 4.87. The minimum atomic E-state index is -1.00. The molecule has 7 heteroatoms. The fraction of sp³-hybridized carbons (Fsp3) is 0.148. The van der Waals surface area contributed by atoms with Gasteiger partial charge in [0.2, 0.25) is 5.91 Å². The molecule has 1 atom stereocenters. The van der Waals surface area contributed by atoms with Crippen molar-refractivity contribution in [2.24, 2.45) is 5.92 Å². The summed E-state index contributed by atoms with van der Waals surface area (Å²) in [6, 6.07) is 25.0. The number of hydrogen-bond acceptors (Lipinski definition) is 4. The van der Waals surface area contributed by atoms with Crippen LogP contribution in [0.25, 0.3) is 22.4 Å². The van der Waals surface area contributed by atoms with Crippen molar-refractivity contribution in [3.63, 3.8) is 0 Å². The van der Waals surface area contributed by atoms with E-state index in [0.29, 0.717) is 16.6 Å². The monoisotopic (exact) mass is 490 g/mol. The maximum Gasteiger partial charge on any atom is 0.304 e. The predicted octanol–water partition coefficient (Wildman–Crippen LogP) is 6.43. The van der Waals surface area contributed by atoms with Gasteiger partial charge in [0, 0.05) is 23.0 Å². The van der Waals surface area contributed by atoms with E-state index in [1.54, 1.807) is 7.05 Å². The summed E-state index contributed by atoms with van der Waals surface area (Å²) in [7, 11) is 1.65. The first-order chi connectivity index (χ1) is 16.4. The number of carbonyl (C=O) groups excluding carboxylic acids is 1. The maximum atomic E-state index is 13.3. The van der Waals surface area contributed by atoms with Gasteiger partial charge in [0.05, 0.1) is 18.0 Å². The standard InChI is InChI=1S/C27H23ClN2O3S/c1-30(26(33)20(16-25(31)32)14-18-8-3-2-4-9-18)27-29-24(17-34-27)23-13-6-5-12-22(23)19-10-7-11-21(28)15-19/h2-13,15,17,20H,14,16H2,1H3,(H,31,32)/t20-/m1/s1. The number of aliphatic carboxylic acids is 1. The van der Waals surface area contributed by atoms with Gasteiger partial charge in [-0.25, -0.2) is 4.98 Å². The molecule has 0 saturated carbocycles. The van der Waals surface area contributed by atoms with Crippen molar-refractivity contribution in [1.82, 2.24) is 4.98 Å². The number of rotatable bonds is 8. The molecule has 0 saturated heterocycles. The third-order valence-electron chi connectivity index (χ3n) is 5.54. The second kappa shape index (κ2) is 10.6. The number of carbonyl (C=O) groups is 2. The first-order valence-corrected chi connectivity index (χ1v) is 12.0. The van der Waals surface area contributed by atoms with Crippen LogP contribution in [0.4, 0.5) is 5.13 Å². The van der Waals surface area contributed by atoms with Gasteiger partial charge in [-0.2, -0.15) is 0 Å². The molecular weight excluding hydrogens is 468 g/mol. The van der Waals surface area contributed by atoms with E-state index in [1.165, 1.54) is 16.2 Å². The lowest BCUT2D eigenvalue weighted by Gasteiger charge is -2.21. The Hall–Kier alpha value is -3.48. The number of aromatic nitrogens is 1. The Morgan fingerprint density at radius 3 is 2.41 bits per heavy atom. The largest absolute Gasteiger partial charge is 0.481 e. The van der Waals surface area contributed by atoms with E-state index in [4.69, 9.17) is 16.6 Å². The van der Waals surface area contributed by atoms with E-state index < -0.39 is 11.9 Å². The topological polar surface area (TPSA) is 70.5 Å². The van der Waals surface area contributed by atoms with Crippen LogP contribution < -0.4 is 4.90 Å². The first kappa shape index (κ1) is 23.7. The summed E-state index contributed by atoms with van der Waals surface area (Å²) in [5.41, 5.74) is 4.56. The van der Waals surface area contributed by atoms with Gasteiger partial charge >= 0.3 is 5.97 Å². The lowest BCUT2D eigenvalue weighted by molar-refractivity contribution is -0.140. The molecule has 0 aliphatic carbocycles. The zero-order valence-electron chi connectivity index (χ0n) is 18.5. The van der Waals surface area contributed by atoms with Crippen molar-refractivity contribution in [2.45, 2.75) is 12.8 Å². The summed E-state index contributed by atoms with van der Waals surface area (Å²) in [6.07, 6.45) is 0.111. The summed E-state index contributed by atoms with van der Waals surface area (Å²) >= 11 is 7.55. The summed E-state index contributed by atoms with van der Waals surface area (Å²) in [4.78, 5) is 30.9. The number of thiazole rings is 1. The van der Waals surface area contributed by atoms with Gasteiger partial charge in [-0.05, 0) is 35.2 Å². The van der Waals surface area contributed by atoms with Crippen LogP contribution in [0.3, 0.4) is 0 Å². The maximum absolute atomic E-state index is 13.3. The van der Waals surface area contributed by atoms with Gasteiger partial charge in [0.1, 0.15) is 0 Å². The van der Waals surface area contributed by atoms with E-state index in [-0.39, 0.29) is 12.3 Å². The fourth-order valence-electron chi connectivity index (χ4n) is 3.88. The Morgan fingerprint density at radius 2 is 1.71 bits per heavy atom. The highest BCUT2D eigenvalue weighted by Gasteiger charge is 2.27. The molecule has 0 aliphatic rings. The number of nitrogens with zero attached hydrogens (tertiary/aromatic N) is 2. The number of anilines is 1. The Kier molecular flexibility index (Phi) is 7.40. The van der Waals surface area contributed by atoms with Crippen molar-refractivity contribution in [3.8, 4) is 22.4 Å². The smallest absolute Gasteiger partial charge is 0.304 e. The van der Waals surface area contributed by atoms with Crippen LogP contribution in [-0.4, -0.2) is 29.0 Å². The van der Waals surface area contributed by atoms with Crippen molar-refractivity contribution in [1.29, 1.82) is 0 Å². The molecule has 3 aromatic carbocycles. The molecule has 0 bridgehead atoms. The van der Waals surface area contributed by atoms with Crippen LogP contribution in [-0.2, 0) is 16.0 Å². The zero-order valence-corrected chi connectivity index (χ0v) is 20.1. The average molecular weight is 491 g/mol. The van der Waals surface area contributed by atoms with Crippen LogP contribution in [0.15, 0.2) is 84.2 Å². The molecule has 0 aliphatic heterocycles. The molecule has 0 fully saturated rings. The third kappa shape index (κ3) is 5.53. The van der Waals surface area contributed by atoms with Crippen LogP contribution >= 0.6 is 22.9 Å². The number of amides is 1. The van der Waals surface area contributed by atoms with E-state index in [2.05, 4.69) is 0 Å². The molecule has 5 nitrogen and oxygen atoms in total. The minimum absolute atomic E-state index is 0.242. The van der Waals surface area contributed by atoms with Crippen molar-refractivity contribution in [3.05, 3.63) is 94.8 Å². The Labute approximate surface area is 207 Å². The molecule has 0 unspecified atom stereocenters. The van der Waals surface area contributed by atoms with E-state index in [9.17, 15) is 14.7 Å². The summed E-state index contributed by atoms with van der Waals surface area (Å²) < 4.78 is 0. The minimum Gasteiger partial charge on any atom is -0.481 e. The normalized spacial score (nSPS) is 11.7. The van der Waals surface area contributed by atoms with Gasteiger partial charge in [0.15, 0.2) is 5.13 Å². The quantitative estimate of drug-likeness (QED) is 0.309. The Balaban J connectivity index is 1.60. The van der Waals surface area contributed by atoms with E-state index in [1.807, 2.05) is 84.2 Å². The molecule has 0 spiro atoms. The van der Waals surface area contributed by atoms with E-state index in [0.717, 1.165) is 27.9 Å². The summed E-state index contributed by atoms with van der Waals surface area (Å²) in [5, 5.41) is 12.5. The second-order valence-corrected chi connectivity index (χ2v) is 9.23. The van der Waals surface area contributed by atoms with Gasteiger partial charge in [-0.1, -0.05) is 78.3 Å². The molecule has 172 valence electrons. The molecular formula is C27H23ClN2O3S. The molecule has 1 N–H and O–H groups in total. The molecule has 1 amide bonds. The average Bonchev–Trinajstić information content (AvgIpc) is 3.33. The lowest BCUT2D eigenvalue weighted by atomic mass is 9.95. The molecule has 0 radical (unpaired) electrons. The molecule has 1 heterocycles. The third-order valence-corrected chi connectivity index (χ3v) is 6.70. The van der Waals surface area contributed by atoms with Crippen molar-refractivity contribution < 1.29 is 14.7 Å². The number of hydrogen-bond donors (Lipinski definition) is 1. The molecule has 1 aromatic heterocycles. The highest BCUT2D eigenvalue weighted by Crippen LogP contribution is 2.35. The SMILES string of the molecule is CN(C(=O)[C@@H](CC(=O)O)Cc1ccccc1)c1nc(-c2ccccc2-c2cccc(Cl)c2)cs1. The first-order valence-electron chi connectivity index (χ1n) is 10.8. The van der Waals surface area contributed by atoms with Crippen LogP contribution in [0.2, 0.25) is 5.02 Å². The number of halogens is 1. The number of carboxylic acids is 1. The van der Waals surface area contributed by atoms with Crippen LogP contribution in [0.1, 0.15) is 12.0 Å². The zero-order chi connectivity index (χ0) is 24.1. The molecule has 4 aromatic rings. The van der Waals surface area contributed by atoms with Gasteiger partial charge in [0.25, 0.3) is 0 Å². The van der Waals surface area contributed by atoms with Gasteiger partial charge < -0.3 is 5.11 Å². The number of benzene rings is 3. The van der Waals surface area contributed by atoms with Gasteiger partial charge in [-0.3, -0.25) is 14.5 Å². The Bertz CT molecular complexity index is 1310. The lowest BCUT2D eigenvalue weighted by Crippen LogP contribution is -2.35. The predicted molar refractivity (Wildman–Crippen MR) is 137 cm³/mol. The summed E-state index contributed by atoms with van der Waals surface area (Å²) in [6.45, 7) is 0. The molecule has 34 heavy (non-hydrogen) atoms. The highest BCUT2D eigenvalue weighted by molar-refractivity contribution is 7.14. The highest BCUT2D eigenvalue weighted by atomic mass is 35.5. The van der Waals surface area contributed by atoms with Crippen molar-refractivity contribution >= 4 is 39.9 Å². The summed E-state index contributed by atoms with van der Waals surface area (Å²) in [5.74, 6) is -1.95. The van der Waals surface area contributed by atoms with Gasteiger partial charge in [-0.15, -0.1) is 11.3 Å².